The fraction of sp³-hybridized carbons (Fsp3) is 0.125. The van der Waals surface area contributed by atoms with Gasteiger partial charge in [-0.15, -0.1) is 0 Å². The summed E-state index contributed by atoms with van der Waals surface area (Å²) >= 11 is 12.3. The second kappa shape index (κ2) is 8.42. The van der Waals surface area contributed by atoms with E-state index in [1.54, 1.807) is 18.2 Å². The molecule has 0 aliphatic carbocycles. The molecule has 126 valence electrons. The number of nitrogens with zero attached hydrogens (tertiary/aromatic N) is 1. The number of hydrogen-bond acceptors (Lipinski definition) is 4. The van der Waals surface area contributed by atoms with Crippen LogP contribution in [-0.4, -0.2) is 19.4 Å². The highest BCUT2D eigenvalue weighted by atomic mass is 35.5. The first kappa shape index (κ1) is 17.9. The molecule has 0 bridgehead atoms. The largest absolute Gasteiger partial charge is 0.493 e. The molecule has 0 saturated carbocycles. The van der Waals surface area contributed by atoms with Crippen LogP contribution in [0, 0.1) is 0 Å². The second-order valence-electron chi connectivity index (χ2n) is 4.64. The van der Waals surface area contributed by atoms with E-state index in [1.807, 2.05) is 18.2 Å². The molecule has 0 heterocycles. The van der Waals surface area contributed by atoms with Crippen molar-refractivity contribution in [3.8, 4) is 11.5 Å². The number of urea groups is 1. The first-order valence-electron chi connectivity index (χ1n) is 6.83. The van der Waals surface area contributed by atoms with Crippen molar-refractivity contribution in [2.24, 2.45) is 10.8 Å². The van der Waals surface area contributed by atoms with Gasteiger partial charge >= 0.3 is 6.03 Å². The van der Waals surface area contributed by atoms with E-state index in [0.29, 0.717) is 27.1 Å². The lowest BCUT2D eigenvalue weighted by molar-refractivity contribution is 0.249. The fourth-order valence-corrected chi connectivity index (χ4v) is 2.25. The zero-order valence-corrected chi connectivity index (χ0v) is 14.3. The Kier molecular flexibility index (Phi) is 6.28. The molecular formula is C16H15Cl2N3O3. The van der Waals surface area contributed by atoms with Gasteiger partial charge in [-0.2, -0.15) is 5.10 Å². The van der Waals surface area contributed by atoms with E-state index in [2.05, 4.69) is 10.5 Å². The Hall–Kier alpha value is -2.44. The summed E-state index contributed by atoms with van der Waals surface area (Å²) in [7, 11) is 1.51. The van der Waals surface area contributed by atoms with Crippen molar-refractivity contribution in [2.45, 2.75) is 6.61 Å². The van der Waals surface area contributed by atoms with E-state index in [1.165, 1.54) is 13.3 Å². The Morgan fingerprint density at radius 3 is 2.67 bits per heavy atom. The Bertz CT molecular complexity index is 766. The van der Waals surface area contributed by atoms with Crippen LogP contribution in [0.15, 0.2) is 41.5 Å². The van der Waals surface area contributed by atoms with E-state index < -0.39 is 6.03 Å². The average molecular weight is 368 g/mol. The monoisotopic (exact) mass is 367 g/mol. The van der Waals surface area contributed by atoms with Gasteiger partial charge in [0, 0.05) is 22.2 Å². The summed E-state index contributed by atoms with van der Waals surface area (Å²) in [4.78, 5) is 10.6. The molecule has 0 unspecified atom stereocenters. The van der Waals surface area contributed by atoms with E-state index >= 15 is 0 Å². The molecule has 0 aromatic heterocycles. The van der Waals surface area contributed by atoms with Gasteiger partial charge in [0.2, 0.25) is 0 Å². The fourth-order valence-electron chi connectivity index (χ4n) is 1.86. The van der Waals surface area contributed by atoms with Gasteiger partial charge in [0.25, 0.3) is 0 Å². The van der Waals surface area contributed by atoms with Gasteiger partial charge in [-0.25, -0.2) is 10.2 Å². The van der Waals surface area contributed by atoms with Crippen LogP contribution in [-0.2, 0) is 6.61 Å². The van der Waals surface area contributed by atoms with Crippen molar-refractivity contribution >= 4 is 35.4 Å². The van der Waals surface area contributed by atoms with Crippen LogP contribution in [0.3, 0.4) is 0 Å². The lowest BCUT2D eigenvalue weighted by Gasteiger charge is -2.13. The van der Waals surface area contributed by atoms with Crippen LogP contribution < -0.4 is 20.6 Å². The molecule has 2 amide bonds. The molecule has 0 atom stereocenters. The van der Waals surface area contributed by atoms with Crippen LogP contribution in [0.4, 0.5) is 4.79 Å². The number of carbonyl (C=O) groups excluding carboxylic acids is 1. The molecule has 2 rings (SSSR count). The summed E-state index contributed by atoms with van der Waals surface area (Å²) in [5.41, 5.74) is 8.39. The number of hydrazone groups is 1. The van der Waals surface area contributed by atoms with E-state index in [4.69, 9.17) is 38.4 Å². The third kappa shape index (κ3) is 4.78. The highest BCUT2D eigenvalue weighted by molar-refractivity contribution is 6.33. The molecular weight excluding hydrogens is 353 g/mol. The molecule has 3 N–H and O–H groups in total. The lowest BCUT2D eigenvalue weighted by Crippen LogP contribution is -2.24. The van der Waals surface area contributed by atoms with Gasteiger partial charge in [-0.3, -0.25) is 0 Å². The van der Waals surface area contributed by atoms with E-state index in [9.17, 15) is 4.79 Å². The number of benzene rings is 2. The van der Waals surface area contributed by atoms with Gasteiger partial charge in [-0.05, 0) is 12.1 Å². The first-order valence-corrected chi connectivity index (χ1v) is 7.59. The maximum absolute atomic E-state index is 10.6. The van der Waals surface area contributed by atoms with Crippen molar-refractivity contribution < 1.29 is 14.3 Å². The maximum Gasteiger partial charge on any atom is 0.332 e. The number of rotatable bonds is 6. The number of amides is 2. The molecule has 0 saturated heterocycles. The molecule has 0 aliphatic heterocycles. The van der Waals surface area contributed by atoms with Crippen LogP contribution in [0.5, 0.6) is 11.5 Å². The summed E-state index contributed by atoms with van der Waals surface area (Å²) in [6, 6.07) is 9.84. The third-order valence-corrected chi connectivity index (χ3v) is 3.70. The van der Waals surface area contributed by atoms with Crippen molar-refractivity contribution in [3.63, 3.8) is 0 Å². The molecule has 0 spiro atoms. The van der Waals surface area contributed by atoms with Gasteiger partial charge in [-0.1, -0.05) is 41.4 Å². The standard InChI is InChI=1S/C16H15Cl2N3O3/c1-23-14-6-11(8-20-21-16(19)22)13(18)7-15(14)24-9-10-4-2-3-5-12(10)17/h2-8H,9H2,1H3,(H3,19,21,22). The normalized spacial score (nSPS) is 10.6. The average Bonchev–Trinajstić information content (AvgIpc) is 2.55. The SMILES string of the molecule is COc1cc(C=NNC(N)=O)c(Cl)cc1OCc1ccccc1Cl. The number of nitrogens with one attached hydrogen (secondary N) is 1. The van der Waals surface area contributed by atoms with Crippen molar-refractivity contribution in [2.75, 3.05) is 7.11 Å². The number of carbonyl (C=O) groups is 1. The Labute approximate surface area is 149 Å². The number of primary amides is 1. The van der Waals surface area contributed by atoms with Gasteiger partial charge in [0.1, 0.15) is 6.61 Å². The number of hydrogen-bond donors (Lipinski definition) is 2. The summed E-state index contributed by atoms with van der Waals surface area (Å²) < 4.78 is 11.0. The highest BCUT2D eigenvalue weighted by Gasteiger charge is 2.11. The van der Waals surface area contributed by atoms with Gasteiger partial charge in [0.15, 0.2) is 11.5 Å². The Morgan fingerprint density at radius 2 is 2.00 bits per heavy atom. The summed E-state index contributed by atoms with van der Waals surface area (Å²) in [5, 5.41) is 4.65. The predicted molar refractivity (Wildman–Crippen MR) is 94.1 cm³/mol. The van der Waals surface area contributed by atoms with Crippen molar-refractivity contribution in [3.05, 3.63) is 57.6 Å². The zero-order chi connectivity index (χ0) is 17.5. The number of nitrogens with two attached hydrogens (primary N) is 1. The number of halogens is 2. The number of ether oxygens (including phenoxy) is 2. The summed E-state index contributed by atoms with van der Waals surface area (Å²) in [6.07, 6.45) is 1.35. The highest BCUT2D eigenvalue weighted by Crippen LogP contribution is 2.33. The van der Waals surface area contributed by atoms with Crippen molar-refractivity contribution in [1.29, 1.82) is 0 Å². The summed E-state index contributed by atoms with van der Waals surface area (Å²) in [5.74, 6) is 0.925. The summed E-state index contributed by atoms with van der Waals surface area (Å²) in [6.45, 7) is 0.267. The van der Waals surface area contributed by atoms with Gasteiger partial charge < -0.3 is 15.2 Å². The minimum atomic E-state index is -0.769. The Balaban J connectivity index is 2.18. The van der Waals surface area contributed by atoms with E-state index in [0.717, 1.165) is 5.56 Å². The van der Waals surface area contributed by atoms with Crippen LogP contribution in [0.1, 0.15) is 11.1 Å². The van der Waals surface area contributed by atoms with Crippen LogP contribution in [0.25, 0.3) is 0 Å². The topological polar surface area (TPSA) is 85.9 Å². The molecule has 8 heteroatoms. The molecule has 0 aliphatic rings. The number of methoxy groups -OCH3 is 1. The minimum absolute atomic E-state index is 0.267. The zero-order valence-electron chi connectivity index (χ0n) is 12.8. The van der Waals surface area contributed by atoms with Crippen LogP contribution in [0.2, 0.25) is 10.0 Å². The van der Waals surface area contributed by atoms with Crippen molar-refractivity contribution in [1.82, 2.24) is 5.43 Å². The smallest absolute Gasteiger partial charge is 0.332 e. The minimum Gasteiger partial charge on any atom is -0.493 e. The maximum atomic E-state index is 10.6. The lowest BCUT2D eigenvalue weighted by atomic mass is 10.2. The predicted octanol–water partition coefficient (Wildman–Crippen LogP) is 3.58. The quantitative estimate of drug-likeness (QED) is 0.604. The molecule has 0 radical (unpaired) electrons. The molecule has 2 aromatic rings. The van der Waals surface area contributed by atoms with Crippen LogP contribution >= 0.6 is 23.2 Å². The molecule has 0 fully saturated rings. The third-order valence-electron chi connectivity index (χ3n) is 3.00. The molecule has 2 aromatic carbocycles. The molecule has 6 nitrogen and oxygen atoms in total. The molecule has 24 heavy (non-hydrogen) atoms. The second-order valence-corrected chi connectivity index (χ2v) is 5.45. The van der Waals surface area contributed by atoms with E-state index in [-0.39, 0.29) is 6.61 Å². The first-order chi connectivity index (χ1) is 11.5. The Morgan fingerprint density at radius 1 is 1.25 bits per heavy atom. The van der Waals surface area contributed by atoms with Gasteiger partial charge in [0.05, 0.1) is 18.3 Å².